The zero-order valence-corrected chi connectivity index (χ0v) is 17.0. The molecule has 0 N–H and O–H groups in total. The fourth-order valence-electron chi connectivity index (χ4n) is 4.42. The third kappa shape index (κ3) is 4.04. The van der Waals surface area contributed by atoms with Crippen LogP contribution in [0.5, 0.6) is 0 Å². The van der Waals surface area contributed by atoms with Crippen molar-refractivity contribution in [1.82, 2.24) is 24.8 Å². The van der Waals surface area contributed by atoms with Gasteiger partial charge in [-0.2, -0.15) is 0 Å². The highest BCUT2D eigenvalue weighted by Crippen LogP contribution is 2.26. The fraction of sp³-hybridized carbons (Fsp3) is 0.455. The van der Waals surface area contributed by atoms with Crippen LogP contribution >= 0.6 is 11.3 Å². The lowest BCUT2D eigenvalue weighted by Crippen LogP contribution is -2.34. The average Bonchev–Trinajstić information content (AvgIpc) is 3.39. The fourth-order valence-corrected chi connectivity index (χ4v) is 5.31. The average molecular weight is 394 g/mol. The van der Waals surface area contributed by atoms with E-state index in [1.165, 1.54) is 17.5 Å². The van der Waals surface area contributed by atoms with Crippen LogP contribution in [-0.4, -0.2) is 44.4 Å². The first-order valence-electron chi connectivity index (χ1n) is 10.3. The normalized spacial score (nSPS) is 19.0. The second-order valence-electron chi connectivity index (χ2n) is 8.01. The minimum Gasteiger partial charge on any atom is -0.299 e. The summed E-state index contributed by atoms with van der Waals surface area (Å²) in [5.74, 6) is 0. The Balaban J connectivity index is 1.14. The lowest BCUT2D eigenvalue weighted by molar-refractivity contribution is 0.172. The lowest BCUT2D eigenvalue weighted by atomic mass is 10.0. The number of hydrogen-bond donors (Lipinski definition) is 0. The first-order valence-corrected chi connectivity index (χ1v) is 11.2. The molecule has 146 valence electrons. The first kappa shape index (κ1) is 18.0. The Bertz CT molecular complexity index is 895. The first-order chi connectivity index (χ1) is 13.8. The maximum absolute atomic E-state index is 4.48. The summed E-state index contributed by atoms with van der Waals surface area (Å²) in [6.45, 7) is 6.38. The molecule has 6 heteroatoms. The highest BCUT2D eigenvalue weighted by molar-refractivity contribution is 7.10. The molecule has 3 aromatic rings. The van der Waals surface area contributed by atoms with E-state index in [4.69, 9.17) is 0 Å². The van der Waals surface area contributed by atoms with Crippen molar-refractivity contribution in [2.75, 3.05) is 19.6 Å². The van der Waals surface area contributed by atoms with Crippen molar-refractivity contribution in [2.24, 2.45) is 0 Å². The van der Waals surface area contributed by atoms with Crippen LogP contribution in [-0.2, 0) is 26.1 Å². The smallest absolute Gasteiger partial charge is 0.0967 e. The molecule has 0 aliphatic carbocycles. The highest BCUT2D eigenvalue weighted by atomic mass is 32.1. The zero-order chi connectivity index (χ0) is 18.8. The van der Waals surface area contributed by atoms with Gasteiger partial charge < -0.3 is 0 Å². The number of aromatic nitrogens is 3. The van der Waals surface area contributed by atoms with Gasteiger partial charge in [0.25, 0.3) is 0 Å². The molecule has 2 aliphatic heterocycles. The van der Waals surface area contributed by atoms with Gasteiger partial charge in [0, 0.05) is 44.1 Å². The number of rotatable bonds is 5. The molecule has 5 nitrogen and oxygen atoms in total. The summed E-state index contributed by atoms with van der Waals surface area (Å²) in [5.41, 5.74) is 4.00. The van der Waals surface area contributed by atoms with Gasteiger partial charge in [0.1, 0.15) is 0 Å². The molecule has 4 heterocycles. The molecule has 0 bridgehead atoms. The maximum Gasteiger partial charge on any atom is 0.0967 e. The number of likely N-dealkylation sites (tertiary alicyclic amines) is 1. The third-order valence-electron chi connectivity index (χ3n) is 6.01. The van der Waals surface area contributed by atoms with Crippen LogP contribution in [0.3, 0.4) is 0 Å². The van der Waals surface area contributed by atoms with E-state index >= 15 is 0 Å². The topological polar surface area (TPSA) is 37.2 Å². The van der Waals surface area contributed by atoms with Crippen molar-refractivity contribution in [3.05, 3.63) is 69.7 Å². The molecule has 1 aromatic carbocycles. The monoisotopic (exact) mass is 393 g/mol. The van der Waals surface area contributed by atoms with Gasteiger partial charge in [0.05, 0.1) is 17.9 Å². The standard InChI is InChI=1S/C22H27N5S/c1-2-4-18(5-3-1)14-25-10-6-21(7-11-25)27-17-20(23-24-27)16-26-12-8-22-19(15-26)9-13-28-22/h1-5,9,13,17,21H,6-8,10-12,14-16H2. The Kier molecular flexibility index (Phi) is 5.25. The summed E-state index contributed by atoms with van der Waals surface area (Å²) in [5, 5.41) is 11.2. The molecule has 2 aliphatic rings. The number of piperidine rings is 1. The molecule has 0 amide bonds. The summed E-state index contributed by atoms with van der Waals surface area (Å²) < 4.78 is 2.12. The summed E-state index contributed by atoms with van der Waals surface area (Å²) in [4.78, 5) is 6.60. The minimum atomic E-state index is 0.484. The largest absolute Gasteiger partial charge is 0.299 e. The van der Waals surface area contributed by atoms with Crippen molar-refractivity contribution in [1.29, 1.82) is 0 Å². The van der Waals surface area contributed by atoms with Gasteiger partial charge in [0.15, 0.2) is 0 Å². The van der Waals surface area contributed by atoms with Crippen molar-refractivity contribution in [3.8, 4) is 0 Å². The van der Waals surface area contributed by atoms with E-state index in [9.17, 15) is 0 Å². The molecule has 28 heavy (non-hydrogen) atoms. The summed E-state index contributed by atoms with van der Waals surface area (Å²) in [6.07, 6.45) is 5.65. The van der Waals surface area contributed by atoms with E-state index in [-0.39, 0.29) is 0 Å². The van der Waals surface area contributed by atoms with E-state index in [1.807, 2.05) is 11.3 Å². The SMILES string of the molecule is c1ccc(CN2CCC(n3cc(CN4CCc5sccc5C4)nn3)CC2)cc1. The molecule has 0 saturated carbocycles. The number of hydrogen-bond acceptors (Lipinski definition) is 5. The zero-order valence-electron chi connectivity index (χ0n) is 16.2. The van der Waals surface area contributed by atoms with E-state index in [1.54, 1.807) is 4.88 Å². The van der Waals surface area contributed by atoms with Gasteiger partial charge >= 0.3 is 0 Å². The van der Waals surface area contributed by atoms with Crippen molar-refractivity contribution < 1.29 is 0 Å². The quantitative estimate of drug-likeness (QED) is 0.662. The van der Waals surface area contributed by atoms with Gasteiger partial charge in [-0.3, -0.25) is 9.80 Å². The predicted octanol–water partition coefficient (Wildman–Crippen LogP) is 3.74. The summed E-state index contributed by atoms with van der Waals surface area (Å²) in [6, 6.07) is 13.5. The van der Waals surface area contributed by atoms with E-state index < -0.39 is 0 Å². The Hall–Kier alpha value is -2.02. The molecular weight excluding hydrogens is 366 g/mol. The van der Waals surface area contributed by atoms with Crippen LogP contribution < -0.4 is 0 Å². The van der Waals surface area contributed by atoms with Crippen molar-refractivity contribution in [2.45, 2.75) is 44.9 Å². The number of thiophene rings is 1. The predicted molar refractivity (Wildman–Crippen MR) is 112 cm³/mol. The lowest BCUT2D eigenvalue weighted by Gasteiger charge is -2.31. The summed E-state index contributed by atoms with van der Waals surface area (Å²) >= 11 is 1.89. The molecule has 0 unspecified atom stereocenters. The Morgan fingerprint density at radius 3 is 2.68 bits per heavy atom. The molecule has 2 aromatic heterocycles. The van der Waals surface area contributed by atoms with E-state index in [2.05, 4.69) is 72.8 Å². The minimum absolute atomic E-state index is 0.484. The summed E-state index contributed by atoms with van der Waals surface area (Å²) in [7, 11) is 0. The van der Waals surface area contributed by atoms with Gasteiger partial charge in [0.2, 0.25) is 0 Å². The van der Waals surface area contributed by atoms with Gasteiger partial charge in [-0.15, -0.1) is 16.4 Å². The second kappa shape index (κ2) is 8.15. The number of fused-ring (bicyclic) bond motifs is 1. The van der Waals surface area contributed by atoms with Crippen molar-refractivity contribution >= 4 is 11.3 Å². The van der Waals surface area contributed by atoms with Crippen LogP contribution in [0.1, 0.15) is 40.6 Å². The molecule has 1 saturated heterocycles. The van der Waals surface area contributed by atoms with Crippen LogP contribution in [0.4, 0.5) is 0 Å². The maximum atomic E-state index is 4.48. The molecule has 0 atom stereocenters. The molecular formula is C22H27N5S. The van der Waals surface area contributed by atoms with Gasteiger partial charge in [-0.25, -0.2) is 4.68 Å². The Morgan fingerprint density at radius 1 is 0.964 bits per heavy atom. The number of benzene rings is 1. The second-order valence-corrected chi connectivity index (χ2v) is 9.01. The van der Waals surface area contributed by atoms with E-state index in [0.717, 1.165) is 57.8 Å². The van der Waals surface area contributed by atoms with Crippen molar-refractivity contribution in [3.63, 3.8) is 0 Å². The van der Waals surface area contributed by atoms with Crippen LogP contribution in [0.2, 0.25) is 0 Å². The molecule has 5 rings (SSSR count). The molecule has 0 radical (unpaired) electrons. The third-order valence-corrected chi connectivity index (χ3v) is 7.03. The number of nitrogens with zero attached hydrogens (tertiary/aromatic N) is 5. The van der Waals surface area contributed by atoms with Crippen LogP contribution in [0, 0.1) is 0 Å². The Morgan fingerprint density at radius 2 is 1.82 bits per heavy atom. The molecule has 1 fully saturated rings. The van der Waals surface area contributed by atoms with Gasteiger partial charge in [-0.1, -0.05) is 35.5 Å². The molecule has 0 spiro atoms. The van der Waals surface area contributed by atoms with Crippen LogP contribution in [0.15, 0.2) is 48.0 Å². The van der Waals surface area contributed by atoms with E-state index in [0.29, 0.717) is 6.04 Å². The van der Waals surface area contributed by atoms with Gasteiger partial charge in [-0.05, 0) is 41.8 Å². The highest BCUT2D eigenvalue weighted by Gasteiger charge is 2.23. The Labute approximate surface area is 170 Å². The van der Waals surface area contributed by atoms with Crippen LogP contribution in [0.25, 0.3) is 0 Å².